The molecule has 12 aromatic rings. The summed E-state index contributed by atoms with van der Waals surface area (Å²) in [6.45, 7) is 13.3. The lowest BCUT2D eigenvalue weighted by molar-refractivity contribution is 0.590. The molecule has 0 saturated heterocycles. The molecule has 364 valence electrons. The van der Waals surface area contributed by atoms with Gasteiger partial charge in [-0.25, -0.2) is 0 Å². The Kier molecular flexibility index (Phi) is 4.92. The van der Waals surface area contributed by atoms with Gasteiger partial charge in [-0.15, -0.1) is 11.3 Å². The van der Waals surface area contributed by atoms with Gasteiger partial charge in [0, 0.05) is 54.4 Å². The van der Waals surface area contributed by atoms with E-state index in [1.54, 1.807) is 62.3 Å². The number of anilines is 9. The van der Waals surface area contributed by atoms with Crippen molar-refractivity contribution in [3.8, 4) is 5.69 Å². The molecule has 0 atom stereocenters. The van der Waals surface area contributed by atoms with E-state index in [2.05, 4.69) is 0 Å². The van der Waals surface area contributed by atoms with E-state index in [1.807, 2.05) is 0 Å². The summed E-state index contributed by atoms with van der Waals surface area (Å²) < 4.78 is 292. The van der Waals surface area contributed by atoms with Crippen LogP contribution in [0.4, 0.5) is 51.2 Å². The Morgan fingerprint density at radius 3 is 1.87 bits per heavy atom. The summed E-state index contributed by atoms with van der Waals surface area (Å²) in [4.78, 5) is 3.03. The molecule has 0 spiro atoms. The van der Waals surface area contributed by atoms with Crippen LogP contribution in [0.3, 0.4) is 0 Å². The maximum atomic E-state index is 11.4. The molecule has 3 aromatic heterocycles. The van der Waals surface area contributed by atoms with E-state index >= 15 is 0 Å². The number of hydrogen-bond donors (Lipinski definition) is 0. The van der Waals surface area contributed by atoms with E-state index in [1.165, 1.54) is 9.47 Å². The van der Waals surface area contributed by atoms with Gasteiger partial charge in [0.1, 0.15) is 5.58 Å². The van der Waals surface area contributed by atoms with Crippen molar-refractivity contribution in [1.82, 2.24) is 4.57 Å². The molecule has 15 rings (SSSR count). The van der Waals surface area contributed by atoms with Gasteiger partial charge in [-0.2, -0.15) is 0 Å². The maximum absolute atomic E-state index is 11.4. The van der Waals surface area contributed by atoms with E-state index in [0.29, 0.717) is 16.2 Å². The minimum atomic E-state index is -1.95. The van der Waals surface area contributed by atoms with Crippen molar-refractivity contribution < 1.29 is 44.2 Å². The van der Waals surface area contributed by atoms with Crippen LogP contribution in [0.2, 0.25) is 0 Å². The van der Waals surface area contributed by atoms with Gasteiger partial charge in [0.05, 0.1) is 95.3 Å². The van der Waals surface area contributed by atoms with Crippen molar-refractivity contribution in [3.63, 3.8) is 0 Å². The molecule has 75 heavy (non-hydrogen) atoms. The normalized spacial score (nSPS) is 19.3. The molecule has 3 aliphatic rings. The zero-order valence-corrected chi connectivity index (χ0v) is 42.6. The standard InChI is InChI=1S/C68H57BN4OS/c1-66(2,3)40-30-32-52-48(34-40)49-36-42(68(7,8)9)37-57-61(49)71(52)53-27-19-26-51-63(53)73(57)56-39-45(70(43-20-12-10-13-21-43)44-22-14-11-15-23-44)38-55-60(56)69(51)65-62(50-35-41(67(4,5)6)31-33-58(50)74-65)72(55)54-28-18-25-47-46-24-16-17-29-59(46)75-64(47)54/h10-39H,1-9H3/i10D,11D,12D,13D,14D,15D,16D,17D,18D,19D,20D,21D,22D,24D,25D,26D,27D,28D,29D,30D,31D,32D,33D,34D,35D,36D,37D,38D,39D. The molecule has 7 heteroatoms. The highest BCUT2D eigenvalue weighted by atomic mass is 32.1. The Balaban J connectivity index is 1.31. The predicted octanol–water partition coefficient (Wildman–Crippen LogP) is 17.7. The summed E-state index contributed by atoms with van der Waals surface area (Å²) in [6, 6.07) is -21.3. The lowest BCUT2D eigenvalue weighted by Crippen LogP contribution is -2.61. The van der Waals surface area contributed by atoms with Crippen LogP contribution in [0.1, 0.15) is 119 Å². The van der Waals surface area contributed by atoms with Crippen LogP contribution in [-0.4, -0.2) is 11.3 Å². The van der Waals surface area contributed by atoms with Gasteiger partial charge in [0.25, 0.3) is 6.71 Å². The van der Waals surface area contributed by atoms with E-state index < -0.39 is 248 Å². The predicted molar refractivity (Wildman–Crippen MR) is 322 cm³/mol. The van der Waals surface area contributed by atoms with Gasteiger partial charge in [0.15, 0.2) is 0 Å². The first-order valence-corrected chi connectivity index (χ1v) is 25.0. The Bertz CT molecular complexity index is 6130. The van der Waals surface area contributed by atoms with Crippen molar-refractivity contribution in [1.29, 1.82) is 0 Å². The van der Waals surface area contributed by atoms with Crippen molar-refractivity contribution in [2.24, 2.45) is 0 Å². The summed E-state index contributed by atoms with van der Waals surface area (Å²) in [5.41, 5.74) is -11.7. The molecule has 6 heterocycles. The van der Waals surface area contributed by atoms with Crippen LogP contribution in [0.25, 0.3) is 58.6 Å². The number of thiophene rings is 1. The Hall–Kier alpha value is -8.00. The molecule has 0 unspecified atom stereocenters. The molecule has 5 nitrogen and oxygen atoms in total. The van der Waals surface area contributed by atoms with Crippen LogP contribution in [0, 0.1) is 0 Å². The fourth-order valence-electron chi connectivity index (χ4n) is 10.5. The third-order valence-electron chi connectivity index (χ3n) is 14.0. The average Bonchev–Trinajstić information content (AvgIpc) is 1.30. The van der Waals surface area contributed by atoms with Gasteiger partial charge < -0.3 is 23.7 Å². The summed E-state index contributed by atoms with van der Waals surface area (Å²) in [6.07, 6.45) is 0. The van der Waals surface area contributed by atoms with Crippen LogP contribution in [0.5, 0.6) is 0 Å². The van der Waals surface area contributed by atoms with Crippen molar-refractivity contribution in [3.05, 3.63) is 198 Å². The third-order valence-corrected chi connectivity index (χ3v) is 15.1. The minimum absolute atomic E-state index is 0.0379. The number of hydrogen-bond acceptors (Lipinski definition) is 5. The number of nitrogens with zero attached hydrogens (tertiary/aromatic N) is 4. The van der Waals surface area contributed by atoms with E-state index in [-0.39, 0.29) is 93.0 Å². The van der Waals surface area contributed by atoms with Crippen LogP contribution in [-0.2, 0) is 16.2 Å². The average molecular weight is 1020 g/mol. The largest absolute Gasteiger partial charge is 0.468 e. The number of benzene rings is 9. The first-order valence-electron chi connectivity index (χ1n) is 38.7. The van der Waals surface area contributed by atoms with Gasteiger partial charge >= 0.3 is 0 Å². The smallest absolute Gasteiger partial charge is 0.297 e. The lowest BCUT2D eigenvalue weighted by Gasteiger charge is -2.45. The number of para-hydroxylation sites is 3. The fraction of sp³-hybridized carbons (Fsp3) is 0.176. The molecule has 0 bridgehead atoms. The SMILES string of the molecule is [2H]c1cc(N(c2c([2H])c([2H])c([2H])c([2H])c2[2H])c2c([2H])c3c4c(c2[2H])N2c5c(c([2H])c([2H])c([2H])c5-n5c6c([2H])c([2H])c(C(C)(C)C)c([2H])c6c6c([2H])c(C(C)(C)C)c([2H])c2c65)B4c2oc4c([2H])c([2H])c(C(C)(C)C)c([2H])c4c2N3c2c([2H])c([2H])c([2H])c3c2sc2c([2H])c([2H])c([2H])c([2H])c23)c([2H])c([2H])c1[2H]. The molecule has 0 amide bonds. The molecule has 0 N–H and O–H groups in total. The summed E-state index contributed by atoms with van der Waals surface area (Å²) >= 11 is 0.627. The number of furan rings is 1. The third kappa shape index (κ3) is 6.31. The highest BCUT2D eigenvalue weighted by Gasteiger charge is 2.50. The fourth-order valence-corrected chi connectivity index (χ4v) is 11.6. The molecule has 3 aliphatic heterocycles. The number of rotatable bonds is 4. The highest BCUT2D eigenvalue weighted by molar-refractivity contribution is 7.26. The Labute approximate surface area is 483 Å². The molecule has 0 aliphatic carbocycles. The monoisotopic (exact) mass is 1020 g/mol. The Morgan fingerprint density at radius 2 is 1.11 bits per heavy atom. The zero-order chi connectivity index (χ0) is 76.3. The minimum Gasteiger partial charge on any atom is -0.468 e. The zero-order valence-electron chi connectivity index (χ0n) is 70.8. The second-order valence-electron chi connectivity index (χ2n) is 21.9. The van der Waals surface area contributed by atoms with Crippen molar-refractivity contribution in [2.45, 2.75) is 78.6 Å². The Morgan fingerprint density at radius 1 is 0.480 bits per heavy atom. The quantitative estimate of drug-likeness (QED) is 0.164. The summed E-state index contributed by atoms with van der Waals surface area (Å²) in [7, 11) is 0. The first kappa shape index (κ1) is 24.1. The topological polar surface area (TPSA) is 27.8 Å². The van der Waals surface area contributed by atoms with E-state index in [4.69, 9.17) is 11.3 Å². The van der Waals surface area contributed by atoms with Gasteiger partial charge in [0.2, 0.25) is 0 Å². The van der Waals surface area contributed by atoms with E-state index in [0.717, 1.165) is 11.0 Å². The second kappa shape index (κ2) is 15.3. The maximum Gasteiger partial charge on any atom is 0.297 e. The van der Waals surface area contributed by atoms with Crippen LogP contribution < -0.4 is 31.3 Å². The molecule has 0 fully saturated rings. The molecular formula is C68H57BN4OS. The van der Waals surface area contributed by atoms with Crippen molar-refractivity contribution in [2.75, 3.05) is 14.7 Å². The first-order chi connectivity index (χ1) is 48.2. The molecular weight excluding hydrogens is 932 g/mol. The van der Waals surface area contributed by atoms with Gasteiger partial charge in [-0.3, -0.25) is 0 Å². The summed E-state index contributed by atoms with van der Waals surface area (Å²) in [5.74, 6) is 0. The number of fused-ring (bicyclic) bond motifs is 14. The number of aromatic nitrogens is 1. The molecule has 0 radical (unpaired) electrons. The van der Waals surface area contributed by atoms with Gasteiger partial charge in [-0.1, -0.05) is 153 Å². The molecule has 0 saturated carbocycles. The molecule has 9 aromatic carbocycles. The summed E-state index contributed by atoms with van der Waals surface area (Å²) in [5, 5.41) is -1.23. The van der Waals surface area contributed by atoms with Crippen LogP contribution >= 0.6 is 11.3 Å². The van der Waals surface area contributed by atoms with Crippen LogP contribution in [0.15, 0.2) is 186 Å². The van der Waals surface area contributed by atoms with Crippen molar-refractivity contribution >= 4 is 139 Å². The second-order valence-corrected chi connectivity index (χ2v) is 22.9. The van der Waals surface area contributed by atoms with Gasteiger partial charge in [-0.05, 0) is 135 Å². The van der Waals surface area contributed by atoms with E-state index in [9.17, 15) is 32.9 Å². The lowest BCUT2D eigenvalue weighted by atomic mass is 9.35. The highest BCUT2D eigenvalue weighted by Crippen LogP contribution is 2.57.